The molecule has 8 heteroatoms. The third-order valence-corrected chi connectivity index (χ3v) is 4.13. The van der Waals surface area contributed by atoms with Crippen LogP contribution in [0.1, 0.15) is 27.3 Å². The predicted molar refractivity (Wildman–Crippen MR) is 72.7 cm³/mol. The lowest BCUT2D eigenvalue weighted by Gasteiger charge is -2.12. The Morgan fingerprint density at radius 3 is 2.38 bits per heavy atom. The molecule has 0 unspecified atom stereocenters. The van der Waals surface area contributed by atoms with Crippen LogP contribution in [0.5, 0.6) is 0 Å². The topological polar surface area (TPSA) is 55.1 Å². The van der Waals surface area contributed by atoms with Crippen molar-refractivity contribution in [2.75, 3.05) is 0 Å². The summed E-state index contributed by atoms with van der Waals surface area (Å²) in [5, 5.41) is 13.2. The zero-order valence-corrected chi connectivity index (χ0v) is 12.6. The number of hydrogen-bond donors (Lipinski definition) is 1. The van der Waals surface area contributed by atoms with Crippen molar-refractivity contribution in [3.8, 4) is 5.69 Å². The van der Waals surface area contributed by atoms with E-state index in [9.17, 15) is 18.0 Å². The Labute approximate surface area is 126 Å². The molecule has 2 rings (SSSR count). The molecule has 0 fully saturated rings. The highest BCUT2D eigenvalue weighted by molar-refractivity contribution is 9.10. The van der Waals surface area contributed by atoms with Crippen LogP contribution in [0.4, 0.5) is 13.2 Å². The fourth-order valence-corrected chi connectivity index (χ4v) is 2.21. The van der Waals surface area contributed by atoms with Crippen LogP contribution in [0.2, 0.25) is 0 Å². The summed E-state index contributed by atoms with van der Waals surface area (Å²) < 4.78 is 40.5. The van der Waals surface area contributed by atoms with Gasteiger partial charge in [-0.25, -0.2) is 9.48 Å². The van der Waals surface area contributed by atoms with Crippen molar-refractivity contribution < 1.29 is 23.1 Å². The summed E-state index contributed by atoms with van der Waals surface area (Å²) in [7, 11) is 0. The molecule has 0 saturated carbocycles. The van der Waals surface area contributed by atoms with E-state index < -0.39 is 23.3 Å². The summed E-state index contributed by atoms with van der Waals surface area (Å²) in [6, 6.07) is 2.92. The van der Waals surface area contributed by atoms with E-state index in [1.165, 1.54) is 10.7 Å². The van der Waals surface area contributed by atoms with Gasteiger partial charge in [-0.05, 0) is 48.0 Å². The number of rotatable bonds is 2. The molecule has 21 heavy (non-hydrogen) atoms. The van der Waals surface area contributed by atoms with Crippen LogP contribution in [0.3, 0.4) is 0 Å². The predicted octanol–water partition coefficient (Wildman–Crippen LogP) is 3.97. The molecular formula is C13H10BrF3N2O2. The average molecular weight is 363 g/mol. The van der Waals surface area contributed by atoms with Gasteiger partial charge < -0.3 is 5.11 Å². The van der Waals surface area contributed by atoms with Gasteiger partial charge in [0.2, 0.25) is 0 Å². The van der Waals surface area contributed by atoms with E-state index in [1.54, 1.807) is 13.8 Å². The summed E-state index contributed by atoms with van der Waals surface area (Å²) in [6.07, 6.45) is -4.72. The van der Waals surface area contributed by atoms with Crippen LogP contribution in [-0.2, 0) is 6.18 Å². The number of alkyl halides is 3. The fourth-order valence-electron chi connectivity index (χ4n) is 1.96. The van der Waals surface area contributed by atoms with Gasteiger partial charge in [-0.3, -0.25) is 0 Å². The Morgan fingerprint density at radius 2 is 1.95 bits per heavy atom. The molecular weight excluding hydrogens is 353 g/mol. The maximum absolute atomic E-state index is 12.8. The third-order valence-electron chi connectivity index (χ3n) is 2.99. The van der Waals surface area contributed by atoms with Gasteiger partial charge in [-0.15, -0.1) is 0 Å². The molecule has 0 aliphatic rings. The molecule has 112 valence electrons. The SMILES string of the molecule is Cc1nn(-c2ccc(C(F)(F)F)c(C(=O)O)c2)c(C)c1Br. The fraction of sp³-hybridized carbons (Fsp3) is 0.231. The number of aryl methyl sites for hydroxylation is 1. The zero-order chi connectivity index (χ0) is 15.9. The molecule has 0 aliphatic heterocycles. The molecule has 0 aliphatic carbocycles. The Balaban J connectivity index is 2.65. The number of halogens is 4. The van der Waals surface area contributed by atoms with E-state index in [0.717, 1.165) is 16.6 Å². The smallest absolute Gasteiger partial charge is 0.417 e. The van der Waals surface area contributed by atoms with E-state index in [0.29, 0.717) is 11.4 Å². The Bertz CT molecular complexity index is 723. The van der Waals surface area contributed by atoms with Crippen LogP contribution >= 0.6 is 15.9 Å². The molecule has 0 amide bonds. The first-order valence-corrected chi connectivity index (χ1v) is 6.59. The standard InChI is InChI=1S/C13H10BrF3N2O2/c1-6-11(14)7(2)19(18-6)8-3-4-10(13(15,16)17)9(5-8)12(20)21/h3-5H,1-2H3,(H,20,21). The first-order valence-electron chi connectivity index (χ1n) is 5.79. The molecule has 0 spiro atoms. The monoisotopic (exact) mass is 362 g/mol. The van der Waals surface area contributed by atoms with Gasteiger partial charge in [0, 0.05) is 0 Å². The van der Waals surface area contributed by atoms with Crippen LogP contribution in [0.25, 0.3) is 5.69 Å². The van der Waals surface area contributed by atoms with Gasteiger partial charge in [-0.1, -0.05) is 0 Å². The average Bonchev–Trinajstić information content (AvgIpc) is 2.64. The van der Waals surface area contributed by atoms with Crippen LogP contribution in [0.15, 0.2) is 22.7 Å². The number of carboxylic acid groups (broad SMARTS) is 1. The lowest BCUT2D eigenvalue weighted by molar-refractivity contribution is -0.138. The molecule has 0 radical (unpaired) electrons. The largest absolute Gasteiger partial charge is 0.478 e. The minimum Gasteiger partial charge on any atom is -0.478 e. The van der Waals surface area contributed by atoms with E-state index in [1.807, 2.05) is 0 Å². The molecule has 1 aromatic heterocycles. The summed E-state index contributed by atoms with van der Waals surface area (Å²) in [6.45, 7) is 3.46. The van der Waals surface area contributed by atoms with Crippen LogP contribution in [0, 0.1) is 13.8 Å². The van der Waals surface area contributed by atoms with Gasteiger partial charge in [0.1, 0.15) is 0 Å². The highest BCUT2D eigenvalue weighted by atomic mass is 79.9. The van der Waals surface area contributed by atoms with E-state index in [2.05, 4.69) is 21.0 Å². The molecule has 0 saturated heterocycles. The second-order valence-corrected chi connectivity index (χ2v) is 5.22. The van der Waals surface area contributed by atoms with Gasteiger partial charge in [0.15, 0.2) is 0 Å². The maximum Gasteiger partial charge on any atom is 0.417 e. The summed E-state index contributed by atoms with van der Waals surface area (Å²) in [5.41, 5.74) is -0.400. The third kappa shape index (κ3) is 2.80. The van der Waals surface area contributed by atoms with Crippen LogP contribution in [-0.4, -0.2) is 20.9 Å². The van der Waals surface area contributed by atoms with Crippen molar-refractivity contribution in [2.45, 2.75) is 20.0 Å². The lowest BCUT2D eigenvalue weighted by Crippen LogP contribution is -2.14. The lowest BCUT2D eigenvalue weighted by atomic mass is 10.1. The summed E-state index contributed by atoms with van der Waals surface area (Å²) >= 11 is 3.31. The molecule has 1 heterocycles. The van der Waals surface area contributed by atoms with Gasteiger partial charge in [0.05, 0.1) is 32.7 Å². The van der Waals surface area contributed by atoms with Crippen LogP contribution < -0.4 is 0 Å². The molecule has 1 aromatic carbocycles. The van der Waals surface area contributed by atoms with Crippen molar-refractivity contribution in [1.29, 1.82) is 0 Å². The summed E-state index contributed by atoms with van der Waals surface area (Å²) in [4.78, 5) is 11.1. The molecule has 0 bridgehead atoms. The minimum atomic E-state index is -4.72. The maximum atomic E-state index is 12.8. The molecule has 2 aromatic rings. The minimum absolute atomic E-state index is 0.256. The Morgan fingerprint density at radius 1 is 1.33 bits per heavy atom. The van der Waals surface area contributed by atoms with Crippen molar-refractivity contribution >= 4 is 21.9 Å². The first kappa shape index (κ1) is 15.6. The number of carboxylic acids is 1. The highest BCUT2D eigenvalue weighted by Crippen LogP contribution is 2.33. The molecule has 4 nitrogen and oxygen atoms in total. The number of nitrogens with zero attached hydrogens (tertiary/aromatic N) is 2. The van der Waals surface area contributed by atoms with Gasteiger partial charge in [-0.2, -0.15) is 18.3 Å². The Hall–Kier alpha value is -1.83. The zero-order valence-electron chi connectivity index (χ0n) is 11.0. The quantitative estimate of drug-likeness (QED) is 0.879. The Kier molecular flexibility index (Phi) is 3.83. The van der Waals surface area contributed by atoms with Gasteiger partial charge >= 0.3 is 12.1 Å². The number of carbonyl (C=O) groups is 1. The highest BCUT2D eigenvalue weighted by Gasteiger charge is 2.35. The van der Waals surface area contributed by atoms with E-state index in [4.69, 9.17) is 5.11 Å². The van der Waals surface area contributed by atoms with Crippen molar-refractivity contribution in [2.24, 2.45) is 0 Å². The van der Waals surface area contributed by atoms with E-state index >= 15 is 0 Å². The molecule has 0 atom stereocenters. The van der Waals surface area contributed by atoms with Gasteiger partial charge in [0.25, 0.3) is 0 Å². The number of aromatic carboxylic acids is 1. The summed E-state index contributed by atoms with van der Waals surface area (Å²) in [5.74, 6) is -1.63. The number of benzene rings is 1. The molecule has 1 N–H and O–H groups in total. The van der Waals surface area contributed by atoms with Crippen molar-refractivity contribution in [3.63, 3.8) is 0 Å². The normalized spacial score (nSPS) is 11.7. The van der Waals surface area contributed by atoms with E-state index in [-0.39, 0.29) is 5.69 Å². The number of aromatic nitrogens is 2. The van der Waals surface area contributed by atoms with Crippen molar-refractivity contribution in [3.05, 3.63) is 45.2 Å². The number of hydrogen-bond acceptors (Lipinski definition) is 2. The second-order valence-electron chi connectivity index (χ2n) is 4.43. The second kappa shape index (κ2) is 5.18. The van der Waals surface area contributed by atoms with Crippen molar-refractivity contribution in [1.82, 2.24) is 9.78 Å². The first-order chi connectivity index (χ1) is 9.62.